The summed E-state index contributed by atoms with van der Waals surface area (Å²) in [6, 6.07) is 0. The number of hydrogen-bond donors (Lipinski definition) is 0. The number of nitrogens with zero attached hydrogens (tertiary/aromatic N) is 2. The normalized spacial score (nSPS) is 17.9. The van der Waals surface area contributed by atoms with Crippen molar-refractivity contribution >= 4 is 33.3 Å². The van der Waals surface area contributed by atoms with Crippen molar-refractivity contribution in [2.24, 2.45) is 5.92 Å². The summed E-state index contributed by atoms with van der Waals surface area (Å²) in [6.45, 7) is 9.15. The average Bonchev–Trinajstić information content (AvgIpc) is 2.87. The summed E-state index contributed by atoms with van der Waals surface area (Å²) in [6.07, 6.45) is 4.67. The van der Waals surface area contributed by atoms with Crippen molar-refractivity contribution in [2.75, 3.05) is 6.26 Å². The second-order valence-electron chi connectivity index (χ2n) is 5.78. The van der Waals surface area contributed by atoms with E-state index in [0.29, 0.717) is 19.1 Å². The summed E-state index contributed by atoms with van der Waals surface area (Å²) in [5.74, 6) is 0.442. The number of thioether (sulfide) groups is 1. The Kier molecular flexibility index (Phi) is 4.43. The molecule has 0 aromatic carbocycles. The molecule has 0 amide bonds. The van der Waals surface area contributed by atoms with Gasteiger partial charge in [-0.2, -0.15) is 0 Å². The summed E-state index contributed by atoms with van der Waals surface area (Å²) in [5, 5.41) is 1.53. The van der Waals surface area contributed by atoms with E-state index in [2.05, 4.69) is 25.4 Å². The molecule has 1 atom stereocenters. The van der Waals surface area contributed by atoms with Crippen LogP contribution < -0.4 is 5.56 Å². The molecule has 22 heavy (non-hydrogen) atoms. The maximum Gasteiger partial charge on any atom is 0.263 e. The number of thiophene rings is 1. The molecule has 3 rings (SSSR count). The van der Waals surface area contributed by atoms with Crippen LogP contribution in [0.5, 0.6) is 0 Å². The second-order valence-corrected chi connectivity index (χ2v) is 7.64. The molecule has 0 bridgehead atoms. The smallest absolute Gasteiger partial charge is 0.263 e. The molecule has 0 saturated heterocycles. The third kappa shape index (κ3) is 2.53. The molecule has 0 saturated carbocycles. The van der Waals surface area contributed by atoms with Gasteiger partial charge in [-0.25, -0.2) is 4.98 Å². The van der Waals surface area contributed by atoms with E-state index in [0.717, 1.165) is 32.2 Å². The van der Waals surface area contributed by atoms with Crippen molar-refractivity contribution in [3.63, 3.8) is 0 Å². The Morgan fingerprint density at radius 2 is 2.36 bits per heavy atom. The summed E-state index contributed by atoms with van der Waals surface area (Å²) >= 11 is 3.09. The minimum absolute atomic E-state index is 0.0520. The molecule has 3 heterocycles. The first-order chi connectivity index (χ1) is 10.6. The minimum atomic E-state index is 0.0520. The lowest BCUT2D eigenvalue weighted by atomic mass is 9.96. The first kappa shape index (κ1) is 15.8. The maximum atomic E-state index is 12.9. The van der Waals surface area contributed by atoms with Gasteiger partial charge in [0.25, 0.3) is 5.56 Å². The van der Waals surface area contributed by atoms with Crippen LogP contribution in [0, 0.1) is 5.92 Å². The standard InChI is InChI=1S/C16H20N2O2S2/c1-5-6-18-15(19)13-10-7-11(9(2)3)20-8-12(10)22-14(13)17-16(18)21-4/h5,9,11H,1,6-8H2,2-4H3/t11-/m1/s1. The fourth-order valence-electron chi connectivity index (χ4n) is 2.82. The SMILES string of the molecule is C=CCn1c(SC)nc2sc3c(c2c1=O)C[C@H](C(C)C)OC3. The van der Waals surface area contributed by atoms with Gasteiger partial charge in [0.05, 0.1) is 18.1 Å². The fourth-order valence-corrected chi connectivity index (χ4v) is 4.55. The van der Waals surface area contributed by atoms with Crippen LogP contribution in [0.25, 0.3) is 10.2 Å². The monoisotopic (exact) mass is 336 g/mol. The van der Waals surface area contributed by atoms with Crippen LogP contribution in [0.1, 0.15) is 24.3 Å². The lowest BCUT2D eigenvalue weighted by molar-refractivity contribution is 0.00200. The van der Waals surface area contributed by atoms with E-state index in [1.54, 1.807) is 22.0 Å². The predicted octanol–water partition coefficient (Wildman–Crippen LogP) is 3.46. The molecule has 0 N–H and O–H groups in total. The molecular formula is C16H20N2O2S2. The molecular weight excluding hydrogens is 316 g/mol. The van der Waals surface area contributed by atoms with Gasteiger partial charge in [-0.3, -0.25) is 9.36 Å². The van der Waals surface area contributed by atoms with Gasteiger partial charge in [0.2, 0.25) is 0 Å². The zero-order valence-corrected chi connectivity index (χ0v) is 14.7. The number of ether oxygens (including phenoxy) is 1. The highest BCUT2D eigenvalue weighted by Gasteiger charge is 2.28. The quantitative estimate of drug-likeness (QED) is 0.487. The van der Waals surface area contributed by atoms with Gasteiger partial charge >= 0.3 is 0 Å². The molecule has 0 fully saturated rings. The molecule has 0 unspecified atom stereocenters. The largest absolute Gasteiger partial charge is 0.372 e. The molecule has 0 spiro atoms. The van der Waals surface area contributed by atoms with Crippen LogP contribution in [0.2, 0.25) is 0 Å². The van der Waals surface area contributed by atoms with Gasteiger partial charge in [0.15, 0.2) is 5.16 Å². The summed E-state index contributed by atoms with van der Waals surface area (Å²) in [7, 11) is 0. The molecule has 4 nitrogen and oxygen atoms in total. The molecule has 118 valence electrons. The molecule has 1 aliphatic heterocycles. The lowest BCUT2D eigenvalue weighted by Gasteiger charge is -2.26. The van der Waals surface area contributed by atoms with Crippen molar-refractivity contribution in [2.45, 2.75) is 44.7 Å². The van der Waals surface area contributed by atoms with Gasteiger partial charge in [0, 0.05) is 17.8 Å². The Morgan fingerprint density at radius 3 is 3.00 bits per heavy atom. The number of allylic oxidation sites excluding steroid dienone is 1. The van der Waals surface area contributed by atoms with Gasteiger partial charge < -0.3 is 4.74 Å². The van der Waals surface area contributed by atoms with E-state index in [1.165, 1.54) is 11.8 Å². The summed E-state index contributed by atoms with van der Waals surface area (Å²) in [5.41, 5.74) is 1.20. The van der Waals surface area contributed by atoms with Crippen LogP contribution in [0.4, 0.5) is 0 Å². The fraction of sp³-hybridized carbons (Fsp3) is 0.500. The third-order valence-corrected chi connectivity index (χ3v) is 5.81. The first-order valence-corrected chi connectivity index (χ1v) is 9.42. The van der Waals surface area contributed by atoms with Crippen LogP contribution >= 0.6 is 23.1 Å². The van der Waals surface area contributed by atoms with E-state index in [1.807, 2.05) is 6.26 Å². The molecule has 0 aliphatic carbocycles. The van der Waals surface area contributed by atoms with Crippen molar-refractivity contribution < 1.29 is 4.74 Å². The Balaban J connectivity index is 2.22. The topological polar surface area (TPSA) is 44.1 Å². The third-order valence-electron chi connectivity index (χ3n) is 4.03. The van der Waals surface area contributed by atoms with Gasteiger partial charge in [-0.1, -0.05) is 31.7 Å². The van der Waals surface area contributed by atoms with Crippen molar-refractivity contribution in [1.29, 1.82) is 0 Å². The number of aromatic nitrogens is 2. The first-order valence-electron chi connectivity index (χ1n) is 7.38. The highest BCUT2D eigenvalue weighted by Crippen LogP contribution is 2.35. The molecule has 2 aromatic heterocycles. The molecule has 0 radical (unpaired) electrons. The average molecular weight is 336 g/mol. The van der Waals surface area contributed by atoms with Gasteiger partial charge in [-0.15, -0.1) is 17.9 Å². The van der Waals surface area contributed by atoms with Crippen LogP contribution in [-0.4, -0.2) is 21.9 Å². The predicted molar refractivity (Wildman–Crippen MR) is 93.0 cm³/mol. The maximum absolute atomic E-state index is 12.9. The van der Waals surface area contributed by atoms with E-state index in [4.69, 9.17) is 4.74 Å². The molecule has 2 aromatic rings. The van der Waals surface area contributed by atoms with Gasteiger partial charge in [0.1, 0.15) is 4.83 Å². The van der Waals surface area contributed by atoms with E-state index >= 15 is 0 Å². The van der Waals surface area contributed by atoms with Crippen molar-refractivity contribution in [1.82, 2.24) is 9.55 Å². The highest BCUT2D eigenvalue weighted by molar-refractivity contribution is 7.98. The summed E-state index contributed by atoms with van der Waals surface area (Å²) in [4.78, 5) is 19.6. The summed E-state index contributed by atoms with van der Waals surface area (Å²) < 4.78 is 7.64. The number of rotatable bonds is 4. The molecule has 6 heteroatoms. The van der Waals surface area contributed by atoms with Crippen LogP contribution in [-0.2, 0) is 24.3 Å². The Morgan fingerprint density at radius 1 is 1.59 bits per heavy atom. The Hall–Kier alpha value is -1.11. The second kappa shape index (κ2) is 6.18. The zero-order valence-electron chi connectivity index (χ0n) is 13.1. The zero-order chi connectivity index (χ0) is 15.9. The van der Waals surface area contributed by atoms with E-state index in [9.17, 15) is 4.79 Å². The molecule has 1 aliphatic rings. The van der Waals surface area contributed by atoms with E-state index < -0.39 is 0 Å². The Bertz CT molecular complexity index is 777. The van der Waals surface area contributed by atoms with Gasteiger partial charge in [-0.05, 0) is 17.7 Å². The number of hydrogen-bond acceptors (Lipinski definition) is 5. The van der Waals surface area contributed by atoms with Crippen molar-refractivity contribution in [3.8, 4) is 0 Å². The van der Waals surface area contributed by atoms with E-state index in [-0.39, 0.29) is 11.7 Å². The van der Waals surface area contributed by atoms with Crippen molar-refractivity contribution in [3.05, 3.63) is 33.4 Å². The minimum Gasteiger partial charge on any atom is -0.372 e. The highest BCUT2D eigenvalue weighted by atomic mass is 32.2. The number of fused-ring (bicyclic) bond motifs is 3. The Labute approximate surface area is 138 Å². The van der Waals surface area contributed by atoms with Crippen LogP contribution in [0.15, 0.2) is 22.6 Å². The van der Waals surface area contributed by atoms with Crippen LogP contribution in [0.3, 0.4) is 0 Å². The lowest BCUT2D eigenvalue weighted by Crippen LogP contribution is -2.28.